The molecule has 0 heterocycles. The van der Waals surface area contributed by atoms with Crippen LogP contribution in [0.2, 0.25) is 0 Å². The van der Waals surface area contributed by atoms with Crippen LogP contribution in [-0.2, 0) is 5.41 Å². The molecule has 2 unspecified atom stereocenters. The summed E-state index contributed by atoms with van der Waals surface area (Å²) in [7, 11) is 0. The number of benzene rings is 1. The maximum absolute atomic E-state index is 2.49. The Morgan fingerprint density at radius 3 is 1.88 bits per heavy atom. The Morgan fingerprint density at radius 2 is 1.36 bits per heavy atom. The van der Waals surface area contributed by atoms with Gasteiger partial charge in [0.15, 0.2) is 0 Å². The Kier molecular flexibility index (Phi) is 5.28. The molecule has 0 aliphatic heterocycles. The molecule has 1 aliphatic carbocycles. The van der Waals surface area contributed by atoms with E-state index in [1.54, 1.807) is 11.1 Å². The summed E-state index contributed by atoms with van der Waals surface area (Å²) >= 11 is 0. The minimum Gasteiger partial charge on any atom is -0.0620 e. The zero-order chi connectivity index (χ0) is 19.3. The Balaban J connectivity index is 2.40. The molecule has 0 N–H and O–H groups in total. The normalized spacial score (nSPS) is 23.6. The van der Waals surface area contributed by atoms with Crippen molar-refractivity contribution in [2.45, 2.75) is 99.8 Å². The third-order valence-electron chi connectivity index (χ3n) is 6.08. The van der Waals surface area contributed by atoms with Crippen molar-refractivity contribution in [3.8, 4) is 0 Å². The van der Waals surface area contributed by atoms with Crippen LogP contribution >= 0.6 is 0 Å². The van der Waals surface area contributed by atoms with Crippen molar-refractivity contribution < 1.29 is 0 Å². The van der Waals surface area contributed by atoms with Crippen molar-refractivity contribution >= 4 is 0 Å². The van der Waals surface area contributed by atoms with Crippen LogP contribution in [0.5, 0.6) is 0 Å². The fraction of sp³-hybridized carbons (Fsp3) is 0.760. The van der Waals surface area contributed by atoms with Crippen LogP contribution in [0.25, 0.3) is 0 Å². The van der Waals surface area contributed by atoms with E-state index in [0.29, 0.717) is 22.2 Å². The van der Waals surface area contributed by atoms with Crippen LogP contribution in [0.1, 0.15) is 106 Å². The van der Waals surface area contributed by atoms with E-state index < -0.39 is 0 Å². The Hall–Kier alpha value is -0.780. The number of fused-ring (bicyclic) bond motifs is 1. The summed E-state index contributed by atoms with van der Waals surface area (Å²) in [6.45, 7) is 24.3. The summed E-state index contributed by atoms with van der Waals surface area (Å²) in [5, 5.41) is 0. The lowest BCUT2D eigenvalue weighted by Gasteiger charge is -2.41. The highest BCUT2D eigenvalue weighted by Gasteiger charge is 2.48. The molecule has 0 spiro atoms. The van der Waals surface area contributed by atoms with Crippen LogP contribution in [0.3, 0.4) is 0 Å². The molecule has 0 fully saturated rings. The molecule has 0 heteroatoms. The largest absolute Gasteiger partial charge is 0.0620 e. The number of hydrogen-bond donors (Lipinski definition) is 0. The van der Waals surface area contributed by atoms with Crippen molar-refractivity contribution in [2.24, 2.45) is 22.2 Å². The molecule has 1 aromatic carbocycles. The van der Waals surface area contributed by atoms with E-state index in [4.69, 9.17) is 0 Å². The van der Waals surface area contributed by atoms with Crippen molar-refractivity contribution in [3.05, 3.63) is 35.4 Å². The van der Waals surface area contributed by atoms with Crippen molar-refractivity contribution in [1.82, 2.24) is 0 Å². The van der Waals surface area contributed by atoms with Gasteiger partial charge in [-0.3, -0.25) is 0 Å². The van der Waals surface area contributed by atoms with Gasteiger partial charge in [0.25, 0.3) is 0 Å². The van der Waals surface area contributed by atoms with Crippen molar-refractivity contribution in [2.75, 3.05) is 0 Å². The van der Waals surface area contributed by atoms with Crippen molar-refractivity contribution in [3.63, 3.8) is 0 Å². The minimum atomic E-state index is 0.266. The first-order valence-corrected chi connectivity index (χ1v) is 10.2. The molecular weight excluding hydrogens is 300 g/mol. The molecule has 25 heavy (non-hydrogen) atoms. The third-order valence-corrected chi connectivity index (χ3v) is 6.08. The predicted octanol–water partition coefficient (Wildman–Crippen LogP) is 7.97. The highest BCUT2D eigenvalue weighted by atomic mass is 14.5. The molecule has 0 saturated heterocycles. The van der Waals surface area contributed by atoms with E-state index in [0.717, 1.165) is 5.92 Å². The van der Waals surface area contributed by atoms with Crippen LogP contribution in [0, 0.1) is 22.2 Å². The van der Waals surface area contributed by atoms with Gasteiger partial charge >= 0.3 is 0 Å². The third kappa shape index (κ3) is 4.89. The number of hydrogen-bond acceptors (Lipinski definition) is 0. The molecule has 0 radical (unpaired) electrons. The summed E-state index contributed by atoms with van der Waals surface area (Å²) in [4.78, 5) is 0. The first kappa shape index (κ1) is 20.5. The van der Waals surface area contributed by atoms with E-state index in [2.05, 4.69) is 93.5 Å². The predicted molar refractivity (Wildman–Crippen MR) is 112 cm³/mol. The lowest BCUT2D eigenvalue weighted by atomic mass is 9.63. The zero-order valence-electron chi connectivity index (χ0n) is 18.6. The second-order valence-electron chi connectivity index (χ2n) is 12.4. The van der Waals surface area contributed by atoms with E-state index >= 15 is 0 Å². The van der Waals surface area contributed by atoms with E-state index in [1.165, 1.54) is 19.3 Å². The second kappa shape index (κ2) is 6.43. The maximum atomic E-state index is 2.49. The molecule has 2 atom stereocenters. The Bertz CT molecular complexity index is 589. The van der Waals surface area contributed by atoms with Gasteiger partial charge in [-0.15, -0.1) is 0 Å². The summed E-state index contributed by atoms with van der Waals surface area (Å²) in [6, 6.07) is 9.27. The van der Waals surface area contributed by atoms with Gasteiger partial charge in [-0.1, -0.05) is 93.5 Å². The fourth-order valence-corrected chi connectivity index (χ4v) is 5.74. The summed E-state index contributed by atoms with van der Waals surface area (Å²) in [5.74, 6) is 1.41. The Labute approximate surface area is 157 Å². The maximum Gasteiger partial charge on any atom is -0.00665 e. The molecule has 142 valence electrons. The van der Waals surface area contributed by atoms with E-state index in [1.807, 2.05) is 0 Å². The van der Waals surface area contributed by atoms with Gasteiger partial charge in [-0.25, -0.2) is 0 Å². The molecule has 0 saturated carbocycles. The van der Waals surface area contributed by atoms with Gasteiger partial charge in [-0.05, 0) is 63.9 Å². The van der Waals surface area contributed by atoms with Gasteiger partial charge in [0.1, 0.15) is 0 Å². The van der Waals surface area contributed by atoms with Gasteiger partial charge in [-0.2, -0.15) is 0 Å². The molecule has 0 aromatic heterocycles. The summed E-state index contributed by atoms with van der Waals surface area (Å²) < 4.78 is 0. The van der Waals surface area contributed by atoms with Crippen LogP contribution in [-0.4, -0.2) is 0 Å². The average molecular weight is 343 g/mol. The van der Waals surface area contributed by atoms with Gasteiger partial charge in [0, 0.05) is 0 Å². The Morgan fingerprint density at radius 1 is 0.800 bits per heavy atom. The topological polar surface area (TPSA) is 0 Å². The summed E-state index contributed by atoms with van der Waals surface area (Å²) in [6.07, 6.45) is 3.88. The lowest BCUT2D eigenvalue weighted by Crippen LogP contribution is -2.33. The molecule has 0 nitrogen and oxygen atoms in total. The first-order chi connectivity index (χ1) is 11.1. The molecule has 1 aliphatic rings. The smallest absolute Gasteiger partial charge is 0.00665 e. The first-order valence-electron chi connectivity index (χ1n) is 10.2. The minimum absolute atomic E-state index is 0.266. The summed E-state index contributed by atoms with van der Waals surface area (Å²) in [5.41, 5.74) is 4.61. The number of rotatable bonds is 4. The SMILES string of the molecule is CC(C)(C)CC1c2ccccc2C(C)(C)C1CC(C)(C)CC(C)(C)C. The second-order valence-corrected chi connectivity index (χ2v) is 12.4. The van der Waals surface area contributed by atoms with E-state index in [-0.39, 0.29) is 5.41 Å². The average Bonchev–Trinajstić information content (AvgIpc) is 2.56. The highest BCUT2D eigenvalue weighted by Crippen LogP contribution is 2.57. The molecule has 2 rings (SSSR count). The van der Waals surface area contributed by atoms with Crippen LogP contribution in [0.4, 0.5) is 0 Å². The monoisotopic (exact) mass is 342 g/mol. The van der Waals surface area contributed by atoms with Gasteiger partial charge in [0.2, 0.25) is 0 Å². The molecule has 0 amide bonds. The lowest BCUT2D eigenvalue weighted by molar-refractivity contribution is 0.122. The highest BCUT2D eigenvalue weighted by molar-refractivity contribution is 5.43. The molecular formula is C25H42. The van der Waals surface area contributed by atoms with Gasteiger partial charge < -0.3 is 0 Å². The van der Waals surface area contributed by atoms with E-state index in [9.17, 15) is 0 Å². The standard InChI is InChI=1S/C25H42/c1-22(2,3)15-19-18-13-11-12-14-20(18)25(9,10)21(19)16-24(7,8)17-23(4,5)6/h11-14,19,21H,15-17H2,1-10H3. The molecule has 1 aromatic rings. The van der Waals surface area contributed by atoms with Crippen molar-refractivity contribution in [1.29, 1.82) is 0 Å². The fourth-order valence-electron chi connectivity index (χ4n) is 5.74. The zero-order valence-corrected chi connectivity index (χ0v) is 18.6. The quantitative estimate of drug-likeness (QED) is 0.520. The van der Waals surface area contributed by atoms with Crippen LogP contribution < -0.4 is 0 Å². The van der Waals surface area contributed by atoms with Crippen LogP contribution in [0.15, 0.2) is 24.3 Å². The molecule has 0 bridgehead atoms. The van der Waals surface area contributed by atoms with Gasteiger partial charge in [0.05, 0.1) is 0 Å².